The van der Waals surface area contributed by atoms with Crippen LogP contribution in [0.3, 0.4) is 0 Å². The number of fused-ring (bicyclic) bond motifs is 1. The first-order chi connectivity index (χ1) is 16.3. The molecular formula is C25H25ClN2O5S. The highest BCUT2D eigenvalue weighted by Gasteiger charge is 2.28. The molecule has 178 valence electrons. The van der Waals surface area contributed by atoms with Crippen LogP contribution >= 0.6 is 11.6 Å². The van der Waals surface area contributed by atoms with Crippen LogP contribution in [0, 0.1) is 6.92 Å². The van der Waals surface area contributed by atoms with E-state index in [0.29, 0.717) is 35.4 Å². The van der Waals surface area contributed by atoms with E-state index in [1.807, 2.05) is 26.0 Å². The maximum absolute atomic E-state index is 13.5. The third-order valence-electron chi connectivity index (χ3n) is 5.51. The van der Waals surface area contributed by atoms with Crippen LogP contribution in [0.2, 0.25) is 5.02 Å². The van der Waals surface area contributed by atoms with Crippen LogP contribution in [0.25, 0.3) is 0 Å². The van der Waals surface area contributed by atoms with Gasteiger partial charge in [0.1, 0.15) is 19.8 Å². The van der Waals surface area contributed by atoms with Crippen molar-refractivity contribution in [1.29, 1.82) is 0 Å². The molecule has 0 spiro atoms. The Morgan fingerprint density at radius 3 is 2.44 bits per heavy atom. The van der Waals surface area contributed by atoms with Gasteiger partial charge in [-0.3, -0.25) is 9.10 Å². The predicted octanol–water partition coefficient (Wildman–Crippen LogP) is 4.49. The molecule has 3 aromatic carbocycles. The number of amides is 1. The molecule has 1 N–H and O–H groups in total. The molecule has 0 saturated carbocycles. The fourth-order valence-corrected chi connectivity index (χ4v) is 5.21. The third kappa shape index (κ3) is 5.13. The molecule has 4 rings (SSSR count). The maximum Gasteiger partial charge on any atom is 0.264 e. The summed E-state index contributed by atoms with van der Waals surface area (Å²) in [5.41, 5.74) is 1.93. The molecule has 3 aromatic rings. The highest BCUT2D eigenvalue weighted by Crippen LogP contribution is 2.33. The van der Waals surface area contributed by atoms with Gasteiger partial charge < -0.3 is 14.8 Å². The van der Waals surface area contributed by atoms with Crippen LogP contribution in [-0.2, 0) is 14.8 Å². The number of rotatable bonds is 7. The first kappa shape index (κ1) is 23.9. The van der Waals surface area contributed by atoms with E-state index in [1.54, 1.807) is 42.5 Å². The summed E-state index contributed by atoms with van der Waals surface area (Å²) in [5.74, 6) is 0.816. The van der Waals surface area contributed by atoms with Gasteiger partial charge in [-0.2, -0.15) is 0 Å². The summed E-state index contributed by atoms with van der Waals surface area (Å²) in [7, 11) is -4.01. The van der Waals surface area contributed by atoms with E-state index in [2.05, 4.69) is 5.32 Å². The molecule has 0 aromatic heterocycles. The molecule has 34 heavy (non-hydrogen) atoms. The van der Waals surface area contributed by atoms with E-state index in [0.717, 1.165) is 15.4 Å². The van der Waals surface area contributed by atoms with Crippen LogP contribution in [0.15, 0.2) is 71.6 Å². The Morgan fingerprint density at radius 2 is 1.74 bits per heavy atom. The van der Waals surface area contributed by atoms with Crippen molar-refractivity contribution < 1.29 is 22.7 Å². The molecule has 0 saturated heterocycles. The number of hydrogen-bond acceptors (Lipinski definition) is 5. The fourth-order valence-electron chi connectivity index (χ4n) is 3.60. The average molecular weight is 501 g/mol. The van der Waals surface area contributed by atoms with Crippen LogP contribution < -0.4 is 19.1 Å². The molecule has 0 radical (unpaired) electrons. The molecular weight excluding hydrogens is 476 g/mol. The number of aryl methyl sites for hydroxylation is 1. The topological polar surface area (TPSA) is 84.9 Å². The normalized spacial score (nSPS) is 13.7. The van der Waals surface area contributed by atoms with Crippen molar-refractivity contribution in [2.24, 2.45) is 0 Å². The first-order valence-corrected chi connectivity index (χ1v) is 12.6. The Kier molecular flexibility index (Phi) is 7.00. The smallest absolute Gasteiger partial charge is 0.264 e. The van der Waals surface area contributed by atoms with E-state index in [9.17, 15) is 13.2 Å². The van der Waals surface area contributed by atoms with Crippen molar-refractivity contribution in [2.45, 2.75) is 24.8 Å². The fraction of sp³-hybridized carbons (Fsp3) is 0.240. The second-order valence-electron chi connectivity index (χ2n) is 7.95. The molecule has 1 aliphatic heterocycles. The minimum Gasteiger partial charge on any atom is -0.486 e. The van der Waals surface area contributed by atoms with Gasteiger partial charge in [-0.25, -0.2) is 8.42 Å². The van der Waals surface area contributed by atoms with Crippen LogP contribution in [0.1, 0.15) is 24.1 Å². The lowest BCUT2D eigenvalue weighted by atomic mass is 10.1. The number of carbonyl (C=O) groups excluding carboxylic acids is 1. The minimum absolute atomic E-state index is 0.0828. The number of nitrogens with one attached hydrogen (secondary N) is 1. The molecule has 0 unspecified atom stereocenters. The SMILES string of the molecule is Cc1ccc(N(CC(=O)N[C@H](C)c2ccc3c(c2)OCCO3)S(=O)(=O)c2ccccc2)cc1Cl. The summed E-state index contributed by atoms with van der Waals surface area (Å²) in [6.07, 6.45) is 0. The van der Waals surface area contributed by atoms with Crippen molar-refractivity contribution in [2.75, 3.05) is 24.1 Å². The molecule has 1 atom stereocenters. The van der Waals surface area contributed by atoms with Crippen molar-refractivity contribution in [1.82, 2.24) is 5.32 Å². The third-order valence-corrected chi connectivity index (χ3v) is 7.70. The Hall–Kier alpha value is -3.23. The molecule has 7 nitrogen and oxygen atoms in total. The van der Waals surface area contributed by atoms with Crippen molar-refractivity contribution in [3.63, 3.8) is 0 Å². The Balaban J connectivity index is 1.58. The number of halogens is 1. The predicted molar refractivity (Wildman–Crippen MR) is 131 cm³/mol. The summed E-state index contributed by atoms with van der Waals surface area (Å²) in [6, 6.07) is 18.0. The van der Waals surface area contributed by atoms with Crippen LogP contribution in [-0.4, -0.2) is 34.1 Å². The van der Waals surface area contributed by atoms with Gasteiger partial charge in [0, 0.05) is 5.02 Å². The van der Waals surface area contributed by atoms with E-state index in [4.69, 9.17) is 21.1 Å². The zero-order valence-electron chi connectivity index (χ0n) is 18.8. The average Bonchev–Trinajstić information content (AvgIpc) is 2.84. The van der Waals surface area contributed by atoms with Crippen LogP contribution in [0.5, 0.6) is 11.5 Å². The van der Waals surface area contributed by atoms with Gasteiger partial charge in [-0.15, -0.1) is 0 Å². The zero-order chi connectivity index (χ0) is 24.3. The number of sulfonamides is 1. The largest absolute Gasteiger partial charge is 0.486 e. The molecule has 0 aliphatic carbocycles. The van der Waals surface area contributed by atoms with E-state index in [-0.39, 0.29) is 10.9 Å². The van der Waals surface area contributed by atoms with Crippen molar-refractivity contribution in [3.8, 4) is 11.5 Å². The van der Waals surface area contributed by atoms with Gasteiger partial charge in [0.2, 0.25) is 5.91 Å². The Bertz CT molecular complexity index is 1300. The first-order valence-electron chi connectivity index (χ1n) is 10.8. The summed E-state index contributed by atoms with van der Waals surface area (Å²) in [5, 5.41) is 3.29. The lowest BCUT2D eigenvalue weighted by Gasteiger charge is -2.26. The highest BCUT2D eigenvalue weighted by atomic mass is 35.5. The maximum atomic E-state index is 13.5. The van der Waals surface area contributed by atoms with Gasteiger partial charge >= 0.3 is 0 Å². The Morgan fingerprint density at radius 1 is 1.03 bits per heavy atom. The summed E-state index contributed by atoms with van der Waals surface area (Å²) in [4.78, 5) is 13.1. The number of benzene rings is 3. The number of carbonyl (C=O) groups is 1. The molecule has 0 fully saturated rings. The Labute approximate surface area is 204 Å². The molecule has 1 heterocycles. The lowest BCUT2D eigenvalue weighted by molar-refractivity contribution is -0.120. The van der Waals surface area contributed by atoms with Gasteiger partial charge in [0.05, 0.1) is 16.6 Å². The van der Waals surface area contributed by atoms with Crippen molar-refractivity contribution in [3.05, 3.63) is 82.9 Å². The lowest BCUT2D eigenvalue weighted by Crippen LogP contribution is -2.41. The number of nitrogens with zero attached hydrogens (tertiary/aromatic N) is 1. The number of hydrogen-bond donors (Lipinski definition) is 1. The zero-order valence-corrected chi connectivity index (χ0v) is 20.4. The molecule has 1 amide bonds. The minimum atomic E-state index is -4.01. The molecule has 9 heteroatoms. The van der Waals surface area contributed by atoms with Gasteiger partial charge in [0.15, 0.2) is 11.5 Å². The number of anilines is 1. The second kappa shape index (κ2) is 9.95. The van der Waals surface area contributed by atoms with E-state index in [1.165, 1.54) is 12.1 Å². The van der Waals surface area contributed by atoms with Gasteiger partial charge in [0.25, 0.3) is 10.0 Å². The summed E-state index contributed by atoms with van der Waals surface area (Å²) in [6.45, 7) is 4.19. The highest BCUT2D eigenvalue weighted by molar-refractivity contribution is 7.92. The van der Waals surface area contributed by atoms with Gasteiger partial charge in [-0.1, -0.05) is 41.9 Å². The monoisotopic (exact) mass is 500 g/mol. The van der Waals surface area contributed by atoms with Crippen LogP contribution in [0.4, 0.5) is 5.69 Å². The van der Waals surface area contributed by atoms with Crippen molar-refractivity contribution >= 4 is 33.2 Å². The second-order valence-corrected chi connectivity index (χ2v) is 10.2. The van der Waals surface area contributed by atoms with E-state index < -0.39 is 22.5 Å². The van der Waals surface area contributed by atoms with E-state index >= 15 is 0 Å². The molecule has 0 bridgehead atoms. The van der Waals surface area contributed by atoms with Gasteiger partial charge in [-0.05, 0) is 61.4 Å². The number of ether oxygens (including phenoxy) is 2. The summed E-state index contributed by atoms with van der Waals surface area (Å²) < 4.78 is 39.1. The quantitative estimate of drug-likeness (QED) is 0.516. The molecule has 1 aliphatic rings. The summed E-state index contributed by atoms with van der Waals surface area (Å²) >= 11 is 6.27. The standard InChI is InChI=1S/C25H25ClN2O5S/c1-17-8-10-20(15-22(17)26)28(34(30,31)21-6-4-3-5-7-21)16-25(29)27-18(2)19-9-11-23-24(14-19)33-13-12-32-23/h3-11,14-15,18H,12-13,16H2,1-2H3,(H,27,29)/t18-/m1/s1.